The fourth-order valence-corrected chi connectivity index (χ4v) is 2.66. The van der Waals surface area contributed by atoms with Crippen LogP contribution in [0.1, 0.15) is 6.92 Å². The third-order valence-corrected chi connectivity index (χ3v) is 4.13. The van der Waals surface area contributed by atoms with Crippen molar-refractivity contribution >= 4 is 11.0 Å². The normalized spacial score (nSPS) is 30.4. The molecule has 1 fully saturated rings. The molecule has 0 spiro atoms. The van der Waals surface area contributed by atoms with Crippen molar-refractivity contribution in [2.75, 3.05) is 6.61 Å². The van der Waals surface area contributed by atoms with E-state index in [0.717, 1.165) is 0 Å². The first-order valence-corrected chi connectivity index (χ1v) is 7.46. The van der Waals surface area contributed by atoms with Crippen LogP contribution in [-0.2, 0) is 4.74 Å². The standard InChI is InChI=1S/C16H18O8/c1-7-14(20)15(21)12(6-17)24-16(7)23-11-4-8-2-3-13(19)22-10(8)5-9(11)18/h2-5,7,12,14-18,20-21H,6H2,1H3/t7-,12-,14-,15-,16-/m1/s1. The van der Waals surface area contributed by atoms with Gasteiger partial charge in [-0.05, 0) is 12.1 Å². The zero-order valence-corrected chi connectivity index (χ0v) is 12.8. The highest BCUT2D eigenvalue weighted by atomic mass is 16.7. The second-order valence-corrected chi connectivity index (χ2v) is 5.80. The molecule has 8 nitrogen and oxygen atoms in total. The molecule has 0 saturated carbocycles. The van der Waals surface area contributed by atoms with Crippen LogP contribution < -0.4 is 10.4 Å². The topological polar surface area (TPSA) is 130 Å². The molecule has 0 bridgehead atoms. The summed E-state index contributed by atoms with van der Waals surface area (Å²) in [5.74, 6) is -0.811. The molecule has 0 aliphatic carbocycles. The van der Waals surface area contributed by atoms with Gasteiger partial charge in [-0.2, -0.15) is 0 Å². The molecule has 1 aromatic heterocycles. The lowest BCUT2D eigenvalue weighted by Gasteiger charge is -2.40. The van der Waals surface area contributed by atoms with Crippen molar-refractivity contribution in [1.82, 2.24) is 0 Å². The third kappa shape index (κ3) is 2.96. The summed E-state index contributed by atoms with van der Waals surface area (Å²) in [6, 6.07) is 5.47. The van der Waals surface area contributed by atoms with Gasteiger partial charge in [0.25, 0.3) is 0 Å². The maximum absolute atomic E-state index is 11.2. The van der Waals surface area contributed by atoms with Crippen LogP contribution >= 0.6 is 0 Å². The first-order chi connectivity index (χ1) is 11.4. The molecule has 1 aliphatic rings. The molecule has 1 aliphatic heterocycles. The van der Waals surface area contributed by atoms with Crippen LogP contribution in [0.4, 0.5) is 0 Å². The molecule has 1 saturated heterocycles. The first kappa shape index (κ1) is 16.7. The lowest BCUT2D eigenvalue weighted by molar-refractivity contribution is -0.256. The van der Waals surface area contributed by atoms with Crippen molar-refractivity contribution in [3.8, 4) is 11.5 Å². The van der Waals surface area contributed by atoms with E-state index in [1.807, 2.05) is 0 Å². The molecule has 130 valence electrons. The minimum Gasteiger partial charge on any atom is -0.504 e. The Balaban J connectivity index is 1.89. The van der Waals surface area contributed by atoms with E-state index in [-0.39, 0.29) is 17.1 Å². The molecule has 24 heavy (non-hydrogen) atoms. The van der Waals surface area contributed by atoms with Gasteiger partial charge in [0.1, 0.15) is 17.8 Å². The van der Waals surface area contributed by atoms with E-state index in [0.29, 0.717) is 5.39 Å². The smallest absolute Gasteiger partial charge is 0.336 e. The van der Waals surface area contributed by atoms with Crippen molar-refractivity contribution < 1.29 is 34.3 Å². The van der Waals surface area contributed by atoms with Crippen LogP contribution in [-0.4, -0.2) is 51.6 Å². The van der Waals surface area contributed by atoms with E-state index in [4.69, 9.17) is 13.9 Å². The number of ether oxygens (including phenoxy) is 2. The number of hydrogen-bond acceptors (Lipinski definition) is 8. The Hall–Kier alpha value is -2.13. The summed E-state index contributed by atoms with van der Waals surface area (Å²) in [6.07, 6.45) is -4.37. The zero-order valence-electron chi connectivity index (χ0n) is 12.8. The Morgan fingerprint density at radius 3 is 2.67 bits per heavy atom. The van der Waals surface area contributed by atoms with Crippen molar-refractivity contribution in [3.63, 3.8) is 0 Å². The third-order valence-electron chi connectivity index (χ3n) is 4.13. The Morgan fingerprint density at radius 2 is 1.96 bits per heavy atom. The largest absolute Gasteiger partial charge is 0.504 e. The average molecular weight is 338 g/mol. The molecule has 2 heterocycles. The van der Waals surface area contributed by atoms with Gasteiger partial charge in [-0.15, -0.1) is 0 Å². The predicted octanol–water partition coefficient (Wildman–Crippen LogP) is -0.0475. The summed E-state index contributed by atoms with van der Waals surface area (Å²) in [5, 5.41) is 39.7. The molecule has 0 radical (unpaired) electrons. The summed E-state index contributed by atoms with van der Waals surface area (Å²) in [5.41, 5.74) is -0.337. The number of benzene rings is 1. The quantitative estimate of drug-likeness (QED) is 0.573. The highest BCUT2D eigenvalue weighted by molar-refractivity contribution is 5.80. The average Bonchev–Trinajstić information content (AvgIpc) is 2.56. The Bertz CT molecular complexity index is 783. The van der Waals surface area contributed by atoms with Gasteiger partial charge in [0, 0.05) is 23.4 Å². The summed E-state index contributed by atoms with van der Waals surface area (Å²) < 4.78 is 16.0. The SMILES string of the molecule is C[C@H]1[C@H](Oc2cc3ccc(=O)oc3cc2O)O[C@H](CO)[C@@H](O)[C@@H]1O. The van der Waals surface area contributed by atoms with Gasteiger partial charge in [0.2, 0.25) is 6.29 Å². The number of hydrogen-bond donors (Lipinski definition) is 4. The fourth-order valence-electron chi connectivity index (χ4n) is 2.66. The van der Waals surface area contributed by atoms with Gasteiger partial charge in [0.05, 0.1) is 12.7 Å². The van der Waals surface area contributed by atoms with Crippen LogP contribution in [0.15, 0.2) is 33.5 Å². The molecule has 0 unspecified atom stereocenters. The van der Waals surface area contributed by atoms with Crippen LogP contribution in [0.5, 0.6) is 11.5 Å². The number of aliphatic hydroxyl groups is 3. The van der Waals surface area contributed by atoms with E-state index >= 15 is 0 Å². The summed E-state index contributed by atoms with van der Waals surface area (Å²) >= 11 is 0. The Morgan fingerprint density at radius 1 is 1.21 bits per heavy atom. The molecule has 5 atom stereocenters. The Labute approximate surface area is 136 Å². The fraction of sp³-hybridized carbons (Fsp3) is 0.438. The maximum atomic E-state index is 11.2. The van der Waals surface area contributed by atoms with Gasteiger partial charge >= 0.3 is 5.63 Å². The molecule has 1 aromatic carbocycles. The minimum absolute atomic E-state index is 0.0634. The summed E-state index contributed by atoms with van der Waals surface area (Å²) in [4.78, 5) is 11.2. The van der Waals surface area contributed by atoms with E-state index < -0.39 is 42.8 Å². The lowest BCUT2D eigenvalue weighted by atomic mass is 9.92. The second-order valence-electron chi connectivity index (χ2n) is 5.80. The lowest BCUT2D eigenvalue weighted by Crippen LogP contribution is -2.56. The van der Waals surface area contributed by atoms with Crippen molar-refractivity contribution in [2.45, 2.75) is 31.5 Å². The van der Waals surface area contributed by atoms with Gasteiger partial charge in [0.15, 0.2) is 11.5 Å². The van der Waals surface area contributed by atoms with Gasteiger partial charge in [-0.25, -0.2) is 4.79 Å². The zero-order chi connectivity index (χ0) is 17.4. The van der Waals surface area contributed by atoms with E-state index in [2.05, 4.69) is 0 Å². The van der Waals surface area contributed by atoms with Gasteiger partial charge in [-0.3, -0.25) is 0 Å². The van der Waals surface area contributed by atoms with Crippen LogP contribution in [0.3, 0.4) is 0 Å². The van der Waals surface area contributed by atoms with Crippen molar-refractivity contribution in [3.05, 3.63) is 34.7 Å². The Kier molecular flexibility index (Phi) is 4.46. The highest BCUT2D eigenvalue weighted by Crippen LogP contribution is 2.35. The van der Waals surface area contributed by atoms with Crippen LogP contribution in [0.2, 0.25) is 0 Å². The number of aromatic hydroxyl groups is 1. The number of phenols is 1. The van der Waals surface area contributed by atoms with E-state index in [1.54, 1.807) is 6.92 Å². The minimum atomic E-state index is -1.23. The predicted molar refractivity (Wildman–Crippen MR) is 81.7 cm³/mol. The maximum Gasteiger partial charge on any atom is 0.336 e. The molecule has 0 amide bonds. The molecule has 2 aromatic rings. The highest BCUT2D eigenvalue weighted by Gasteiger charge is 2.43. The summed E-state index contributed by atoms with van der Waals surface area (Å²) in [6.45, 7) is 1.13. The van der Waals surface area contributed by atoms with Gasteiger partial charge < -0.3 is 34.3 Å². The van der Waals surface area contributed by atoms with Crippen molar-refractivity contribution in [1.29, 1.82) is 0 Å². The van der Waals surface area contributed by atoms with Gasteiger partial charge in [-0.1, -0.05) is 6.92 Å². The monoisotopic (exact) mass is 338 g/mol. The van der Waals surface area contributed by atoms with Crippen molar-refractivity contribution in [2.24, 2.45) is 5.92 Å². The van der Waals surface area contributed by atoms with E-state index in [1.165, 1.54) is 24.3 Å². The first-order valence-electron chi connectivity index (χ1n) is 7.46. The van der Waals surface area contributed by atoms with Crippen LogP contribution in [0.25, 0.3) is 11.0 Å². The number of fused-ring (bicyclic) bond motifs is 1. The molecular weight excluding hydrogens is 320 g/mol. The number of rotatable bonds is 3. The van der Waals surface area contributed by atoms with Crippen LogP contribution in [0, 0.1) is 5.92 Å². The number of phenolic OH excluding ortho intramolecular Hbond substituents is 1. The number of aliphatic hydroxyl groups excluding tert-OH is 3. The molecular formula is C16H18O8. The summed E-state index contributed by atoms with van der Waals surface area (Å²) in [7, 11) is 0. The second kappa shape index (κ2) is 6.40. The van der Waals surface area contributed by atoms with E-state index in [9.17, 15) is 25.2 Å². The molecule has 8 heteroatoms. The molecule has 3 rings (SSSR count). The molecule has 4 N–H and O–H groups in total.